The van der Waals surface area contributed by atoms with Gasteiger partial charge in [0.05, 0.1) is 4.90 Å². The van der Waals surface area contributed by atoms with Crippen LogP contribution in [-0.4, -0.2) is 25.8 Å². The molecule has 1 aromatic carbocycles. The van der Waals surface area contributed by atoms with Gasteiger partial charge in [-0.2, -0.15) is 4.31 Å². The van der Waals surface area contributed by atoms with Crippen molar-refractivity contribution in [1.82, 2.24) is 4.31 Å². The zero-order valence-corrected chi connectivity index (χ0v) is 8.57. The van der Waals surface area contributed by atoms with Gasteiger partial charge in [-0.1, -0.05) is 18.2 Å². The van der Waals surface area contributed by atoms with E-state index >= 15 is 0 Å². The molecular weight excluding hydrogens is 198 g/mol. The van der Waals surface area contributed by atoms with Crippen LogP contribution in [0.25, 0.3) is 0 Å². The maximum atomic E-state index is 11.9. The van der Waals surface area contributed by atoms with Crippen molar-refractivity contribution in [2.75, 3.05) is 13.1 Å². The minimum absolute atomic E-state index is 0.385. The third kappa shape index (κ3) is 1.67. The number of hydrogen-bond acceptors (Lipinski definition) is 2. The molecule has 0 bridgehead atoms. The third-order valence-corrected chi connectivity index (χ3v) is 4.18. The van der Waals surface area contributed by atoms with E-state index in [0.29, 0.717) is 18.0 Å². The van der Waals surface area contributed by atoms with Crippen LogP contribution in [0, 0.1) is 6.42 Å². The molecule has 1 fully saturated rings. The van der Waals surface area contributed by atoms with Crippen LogP contribution in [0.2, 0.25) is 0 Å². The molecule has 0 unspecified atom stereocenters. The second-order valence-electron chi connectivity index (χ2n) is 3.25. The van der Waals surface area contributed by atoms with Gasteiger partial charge in [0.1, 0.15) is 0 Å². The van der Waals surface area contributed by atoms with E-state index in [-0.39, 0.29) is 0 Å². The summed E-state index contributed by atoms with van der Waals surface area (Å²) in [5.41, 5.74) is 0. The van der Waals surface area contributed by atoms with Crippen molar-refractivity contribution in [3.63, 3.8) is 0 Å². The van der Waals surface area contributed by atoms with E-state index < -0.39 is 10.0 Å². The number of nitrogens with zero attached hydrogens (tertiary/aromatic N) is 1. The molecule has 1 aromatic rings. The molecule has 4 heteroatoms. The molecular formula is C10H12NO2S. The summed E-state index contributed by atoms with van der Waals surface area (Å²) in [6, 6.07) is 8.57. The minimum atomic E-state index is -3.24. The van der Waals surface area contributed by atoms with Crippen LogP contribution in [0.3, 0.4) is 0 Å². The van der Waals surface area contributed by atoms with E-state index in [0.717, 1.165) is 6.42 Å². The Kier molecular flexibility index (Phi) is 2.56. The molecule has 1 saturated heterocycles. The highest BCUT2D eigenvalue weighted by Gasteiger charge is 2.26. The monoisotopic (exact) mass is 210 g/mol. The first-order valence-electron chi connectivity index (χ1n) is 4.58. The second kappa shape index (κ2) is 3.71. The fraction of sp³-hybridized carbons (Fsp3) is 0.300. The lowest BCUT2D eigenvalue weighted by Crippen LogP contribution is -2.27. The summed E-state index contributed by atoms with van der Waals surface area (Å²) in [5, 5.41) is 0. The number of sulfonamides is 1. The summed E-state index contributed by atoms with van der Waals surface area (Å²) in [5.74, 6) is 0. The molecule has 1 radical (unpaired) electrons. The van der Waals surface area contributed by atoms with Crippen LogP contribution in [0.4, 0.5) is 0 Å². The summed E-state index contributed by atoms with van der Waals surface area (Å²) in [6.45, 7) is 1.15. The normalized spacial score (nSPS) is 18.6. The van der Waals surface area contributed by atoms with Crippen LogP contribution in [0.5, 0.6) is 0 Å². The lowest BCUT2D eigenvalue weighted by molar-refractivity contribution is 0.481. The molecule has 0 atom stereocenters. The molecule has 75 valence electrons. The lowest BCUT2D eigenvalue weighted by atomic mass is 10.4. The topological polar surface area (TPSA) is 37.4 Å². The maximum Gasteiger partial charge on any atom is 0.243 e. The molecule has 0 spiro atoms. The van der Waals surface area contributed by atoms with Gasteiger partial charge >= 0.3 is 0 Å². The molecule has 0 amide bonds. The van der Waals surface area contributed by atoms with Crippen LogP contribution >= 0.6 is 0 Å². The van der Waals surface area contributed by atoms with E-state index in [1.807, 2.05) is 12.5 Å². The number of hydrogen-bond donors (Lipinski definition) is 0. The average molecular weight is 210 g/mol. The van der Waals surface area contributed by atoms with Gasteiger partial charge in [0.25, 0.3) is 0 Å². The highest BCUT2D eigenvalue weighted by atomic mass is 32.2. The first-order chi connectivity index (χ1) is 6.71. The minimum Gasteiger partial charge on any atom is -0.207 e. The van der Waals surface area contributed by atoms with E-state index in [2.05, 4.69) is 0 Å². The molecule has 1 heterocycles. The van der Waals surface area contributed by atoms with Crippen molar-refractivity contribution in [2.24, 2.45) is 0 Å². The Hall–Kier alpha value is -0.870. The Labute approximate surface area is 84.4 Å². The predicted octanol–water partition coefficient (Wildman–Crippen LogP) is 1.29. The van der Waals surface area contributed by atoms with Gasteiger partial charge in [0.2, 0.25) is 10.0 Å². The summed E-state index contributed by atoms with van der Waals surface area (Å²) < 4.78 is 25.4. The average Bonchev–Trinajstić information content (AvgIpc) is 2.72. The quantitative estimate of drug-likeness (QED) is 0.737. The fourth-order valence-corrected chi connectivity index (χ4v) is 2.97. The van der Waals surface area contributed by atoms with Crippen molar-refractivity contribution >= 4 is 10.0 Å². The first kappa shape index (κ1) is 9.68. The van der Waals surface area contributed by atoms with Crippen molar-refractivity contribution < 1.29 is 8.42 Å². The SMILES string of the molecule is O=S(=O)(c1ccccc1)N1C[CH]CC1. The maximum absolute atomic E-state index is 11.9. The van der Waals surface area contributed by atoms with Crippen LogP contribution in [0.1, 0.15) is 6.42 Å². The molecule has 1 aliphatic rings. The van der Waals surface area contributed by atoms with Crippen LogP contribution in [-0.2, 0) is 10.0 Å². The van der Waals surface area contributed by atoms with Crippen LogP contribution in [0.15, 0.2) is 35.2 Å². The Bertz CT molecular complexity index is 393. The first-order valence-corrected chi connectivity index (χ1v) is 6.02. The summed E-state index contributed by atoms with van der Waals surface area (Å²) in [6.07, 6.45) is 2.84. The van der Waals surface area contributed by atoms with Gasteiger partial charge in [-0.3, -0.25) is 0 Å². The van der Waals surface area contributed by atoms with Crippen molar-refractivity contribution in [1.29, 1.82) is 0 Å². The van der Waals surface area contributed by atoms with E-state index in [9.17, 15) is 8.42 Å². The molecule has 1 aliphatic heterocycles. The molecule has 0 saturated carbocycles. The Balaban J connectivity index is 2.33. The molecule has 0 N–H and O–H groups in total. The number of benzene rings is 1. The van der Waals surface area contributed by atoms with Gasteiger partial charge in [-0.05, 0) is 25.0 Å². The van der Waals surface area contributed by atoms with Crippen molar-refractivity contribution in [2.45, 2.75) is 11.3 Å². The van der Waals surface area contributed by atoms with Gasteiger partial charge in [0.15, 0.2) is 0 Å². The van der Waals surface area contributed by atoms with Gasteiger partial charge in [-0.15, -0.1) is 0 Å². The van der Waals surface area contributed by atoms with Crippen molar-refractivity contribution in [3.05, 3.63) is 36.8 Å². The fourth-order valence-electron chi connectivity index (χ4n) is 1.52. The van der Waals surface area contributed by atoms with Gasteiger partial charge < -0.3 is 0 Å². The summed E-state index contributed by atoms with van der Waals surface area (Å²) in [4.78, 5) is 0.385. The lowest BCUT2D eigenvalue weighted by Gasteiger charge is -2.14. The van der Waals surface area contributed by atoms with E-state index in [1.54, 1.807) is 24.3 Å². The third-order valence-electron chi connectivity index (χ3n) is 2.30. The van der Waals surface area contributed by atoms with Gasteiger partial charge in [-0.25, -0.2) is 8.42 Å². The molecule has 3 nitrogen and oxygen atoms in total. The Morgan fingerprint density at radius 2 is 1.86 bits per heavy atom. The highest BCUT2D eigenvalue weighted by Crippen LogP contribution is 2.19. The second-order valence-corrected chi connectivity index (χ2v) is 5.19. The molecule has 0 aromatic heterocycles. The zero-order chi connectivity index (χ0) is 10.0. The standard InChI is InChI=1S/C10H12NO2S/c12-14(13,11-8-4-5-9-11)10-6-2-1-3-7-10/h1-4,6-7H,5,8-9H2. The molecule has 0 aliphatic carbocycles. The number of rotatable bonds is 2. The summed E-state index contributed by atoms with van der Waals surface area (Å²) >= 11 is 0. The summed E-state index contributed by atoms with van der Waals surface area (Å²) in [7, 11) is -3.24. The Morgan fingerprint density at radius 1 is 1.14 bits per heavy atom. The van der Waals surface area contributed by atoms with E-state index in [1.165, 1.54) is 4.31 Å². The largest absolute Gasteiger partial charge is 0.243 e. The molecule has 14 heavy (non-hydrogen) atoms. The van der Waals surface area contributed by atoms with Crippen LogP contribution < -0.4 is 0 Å². The molecule has 2 rings (SSSR count). The predicted molar refractivity (Wildman–Crippen MR) is 54.1 cm³/mol. The van der Waals surface area contributed by atoms with Gasteiger partial charge in [0, 0.05) is 13.1 Å². The highest BCUT2D eigenvalue weighted by molar-refractivity contribution is 7.89. The Morgan fingerprint density at radius 3 is 2.43 bits per heavy atom. The van der Waals surface area contributed by atoms with Crippen molar-refractivity contribution in [3.8, 4) is 0 Å². The smallest absolute Gasteiger partial charge is 0.207 e. The zero-order valence-electron chi connectivity index (χ0n) is 7.76. The van der Waals surface area contributed by atoms with E-state index in [4.69, 9.17) is 0 Å².